The molecule has 1 rings (SSSR count). The molecule has 1 heterocycles. The van der Waals surface area contributed by atoms with Crippen molar-refractivity contribution >= 4 is 11.6 Å². The topological polar surface area (TPSA) is 41.3 Å². The Balaban J connectivity index is 2.96. The summed E-state index contributed by atoms with van der Waals surface area (Å²) in [5.74, 6) is 0.332. The first-order valence-corrected chi connectivity index (χ1v) is 6.54. The average molecular weight is 272 g/mol. The number of aryl methyl sites for hydroxylation is 1. The number of aliphatic hydroxyl groups excluding tert-OH is 1. The van der Waals surface area contributed by atoms with E-state index in [1.807, 2.05) is 13.1 Å². The maximum Gasteiger partial charge on any atom is 0.131 e. The summed E-state index contributed by atoms with van der Waals surface area (Å²) in [4.78, 5) is 2.10. The van der Waals surface area contributed by atoms with Crippen molar-refractivity contribution in [2.75, 3.05) is 19.7 Å². The predicted molar refractivity (Wildman–Crippen MR) is 74.9 cm³/mol. The van der Waals surface area contributed by atoms with E-state index in [9.17, 15) is 0 Å². The minimum Gasteiger partial charge on any atom is -0.395 e. The number of hydrogen-bond donors (Lipinski definition) is 1. The molecule has 18 heavy (non-hydrogen) atoms. The molecule has 0 spiro atoms. The molecule has 0 amide bonds. The lowest BCUT2D eigenvalue weighted by molar-refractivity contribution is 0.203. The van der Waals surface area contributed by atoms with E-state index >= 15 is 0 Å². The zero-order valence-electron chi connectivity index (χ0n) is 11.4. The molecule has 0 radical (unpaired) electrons. The van der Waals surface area contributed by atoms with Crippen LogP contribution < -0.4 is 0 Å². The number of aliphatic hydroxyl groups is 1. The van der Waals surface area contributed by atoms with Crippen LogP contribution in [0, 0.1) is 0 Å². The second-order valence-electron chi connectivity index (χ2n) is 4.68. The molecule has 0 atom stereocenters. The number of rotatable bonds is 7. The van der Waals surface area contributed by atoms with Crippen molar-refractivity contribution in [3.8, 4) is 0 Å². The lowest BCUT2D eigenvalue weighted by Gasteiger charge is -2.20. The number of aromatic nitrogens is 2. The molecule has 0 bridgehead atoms. The van der Waals surface area contributed by atoms with Gasteiger partial charge in [-0.2, -0.15) is 5.10 Å². The zero-order valence-corrected chi connectivity index (χ0v) is 12.1. The third kappa shape index (κ3) is 3.57. The van der Waals surface area contributed by atoms with Crippen LogP contribution in [0.5, 0.6) is 0 Å². The van der Waals surface area contributed by atoms with Gasteiger partial charge in [-0.05, 0) is 5.92 Å². The SMILES string of the molecule is C=CCN(CCO)Cc1c(C(C)C)nn(C)c1Cl. The van der Waals surface area contributed by atoms with Crippen LogP contribution in [-0.4, -0.2) is 39.5 Å². The van der Waals surface area contributed by atoms with E-state index < -0.39 is 0 Å². The molecule has 0 fully saturated rings. The summed E-state index contributed by atoms with van der Waals surface area (Å²) >= 11 is 6.29. The molecule has 0 aliphatic rings. The Hall–Kier alpha value is -0.840. The molecular formula is C13H22ClN3O. The minimum atomic E-state index is 0.128. The normalized spacial score (nSPS) is 11.5. The standard InChI is InChI=1S/C13H22ClN3O/c1-5-6-17(7-8-18)9-11-12(10(2)3)15-16(4)13(11)14/h5,10,18H,1,6-9H2,2-4H3. The Labute approximate surface area is 114 Å². The number of halogens is 1. The number of hydrogen-bond acceptors (Lipinski definition) is 3. The van der Waals surface area contributed by atoms with E-state index in [2.05, 4.69) is 30.4 Å². The van der Waals surface area contributed by atoms with Crippen molar-refractivity contribution in [3.05, 3.63) is 29.1 Å². The van der Waals surface area contributed by atoms with Gasteiger partial charge in [0, 0.05) is 32.2 Å². The third-order valence-corrected chi connectivity index (χ3v) is 3.30. The maximum absolute atomic E-state index is 9.06. The highest BCUT2D eigenvalue weighted by atomic mass is 35.5. The smallest absolute Gasteiger partial charge is 0.131 e. The van der Waals surface area contributed by atoms with Crippen LogP contribution in [0.25, 0.3) is 0 Å². The van der Waals surface area contributed by atoms with Crippen molar-refractivity contribution in [3.63, 3.8) is 0 Å². The van der Waals surface area contributed by atoms with Gasteiger partial charge < -0.3 is 5.11 Å². The lowest BCUT2D eigenvalue weighted by Crippen LogP contribution is -2.27. The van der Waals surface area contributed by atoms with Gasteiger partial charge in [-0.25, -0.2) is 0 Å². The van der Waals surface area contributed by atoms with Gasteiger partial charge in [0.2, 0.25) is 0 Å². The fourth-order valence-electron chi connectivity index (χ4n) is 1.96. The molecule has 102 valence electrons. The molecule has 1 N–H and O–H groups in total. The quantitative estimate of drug-likeness (QED) is 0.773. The van der Waals surface area contributed by atoms with E-state index in [4.69, 9.17) is 16.7 Å². The second kappa shape index (κ2) is 6.92. The minimum absolute atomic E-state index is 0.128. The fourth-order valence-corrected chi connectivity index (χ4v) is 2.15. The average Bonchev–Trinajstić information content (AvgIpc) is 2.58. The summed E-state index contributed by atoms with van der Waals surface area (Å²) in [6.45, 7) is 10.1. The molecule has 0 aromatic carbocycles. The first kappa shape index (κ1) is 15.2. The molecule has 4 nitrogen and oxygen atoms in total. The van der Waals surface area contributed by atoms with Gasteiger partial charge in [-0.15, -0.1) is 6.58 Å². The van der Waals surface area contributed by atoms with Crippen LogP contribution in [0.2, 0.25) is 5.15 Å². The highest BCUT2D eigenvalue weighted by molar-refractivity contribution is 6.30. The van der Waals surface area contributed by atoms with Crippen molar-refractivity contribution in [2.24, 2.45) is 7.05 Å². The number of nitrogens with zero attached hydrogens (tertiary/aromatic N) is 3. The van der Waals surface area contributed by atoms with E-state index in [-0.39, 0.29) is 6.61 Å². The van der Waals surface area contributed by atoms with Gasteiger partial charge in [0.05, 0.1) is 12.3 Å². The van der Waals surface area contributed by atoms with Crippen molar-refractivity contribution < 1.29 is 5.11 Å². The molecule has 0 saturated heterocycles. The molecule has 5 heteroatoms. The Morgan fingerprint density at radius 3 is 2.72 bits per heavy atom. The van der Waals surface area contributed by atoms with Crippen LogP contribution in [0.15, 0.2) is 12.7 Å². The van der Waals surface area contributed by atoms with E-state index in [0.29, 0.717) is 24.2 Å². The van der Waals surface area contributed by atoms with E-state index in [1.165, 1.54) is 0 Å². The molecule has 0 unspecified atom stereocenters. The van der Waals surface area contributed by atoms with Crippen LogP contribution in [-0.2, 0) is 13.6 Å². The van der Waals surface area contributed by atoms with Crippen LogP contribution in [0.4, 0.5) is 0 Å². The van der Waals surface area contributed by atoms with Gasteiger partial charge in [-0.3, -0.25) is 9.58 Å². The summed E-state index contributed by atoms with van der Waals surface area (Å²) in [6.07, 6.45) is 1.83. The van der Waals surface area contributed by atoms with Gasteiger partial charge in [-0.1, -0.05) is 31.5 Å². The molecular weight excluding hydrogens is 250 g/mol. The predicted octanol–water partition coefficient (Wildman–Crippen LogP) is 2.18. The third-order valence-electron chi connectivity index (χ3n) is 2.83. The zero-order chi connectivity index (χ0) is 13.7. The van der Waals surface area contributed by atoms with Crippen LogP contribution >= 0.6 is 11.6 Å². The molecule has 1 aromatic heterocycles. The second-order valence-corrected chi connectivity index (χ2v) is 5.04. The van der Waals surface area contributed by atoms with E-state index in [0.717, 1.165) is 17.8 Å². The molecule has 0 saturated carbocycles. The highest BCUT2D eigenvalue weighted by Crippen LogP contribution is 2.26. The summed E-state index contributed by atoms with van der Waals surface area (Å²) < 4.78 is 1.71. The summed E-state index contributed by atoms with van der Waals surface area (Å²) in [7, 11) is 1.85. The summed E-state index contributed by atoms with van der Waals surface area (Å²) in [5.41, 5.74) is 2.07. The lowest BCUT2D eigenvalue weighted by atomic mass is 10.1. The Morgan fingerprint density at radius 2 is 2.22 bits per heavy atom. The molecule has 0 aliphatic carbocycles. The van der Waals surface area contributed by atoms with Crippen molar-refractivity contribution in [1.29, 1.82) is 0 Å². The highest BCUT2D eigenvalue weighted by Gasteiger charge is 2.19. The Morgan fingerprint density at radius 1 is 1.56 bits per heavy atom. The van der Waals surface area contributed by atoms with Gasteiger partial charge in [0.1, 0.15) is 5.15 Å². The van der Waals surface area contributed by atoms with Crippen LogP contribution in [0.3, 0.4) is 0 Å². The summed E-state index contributed by atoms with van der Waals surface area (Å²) in [5, 5.41) is 14.2. The molecule has 1 aromatic rings. The van der Waals surface area contributed by atoms with Gasteiger partial charge >= 0.3 is 0 Å². The first-order chi connectivity index (χ1) is 8.51. The van der Waals surface area contributed by atoms with Crippen LogP contribution in [0.1, 0.15) is 31.0 Å². The molecule has 0 aliphatic heterocycles. The van der Waals surface area contributed by atoms with Crippen molar-refractivity contribution in [1.82, 2.24) is 14.7 Å². The van der Waals surface area contributed by atoms with Gasteiger partial charge in [0.25, 0.3) is 0 Å². The first-order valence-electron chi connectivity index (χ1n) is 6.16. The monoisotopic (exact) mass is 271 g/mol. The fraction of sp³-hybridized carbons (Fsp3) is 0.615. The Bertz CT molecular complexity index is 401. The van der Waals surface area contributed by atoms with E-state index in [1.54, 1.807) is 4.68 Å². The summed E-state index contributed by atoms with van der Waals surface area (Å²) in [6, 6.07) is 0. The maximum atomic E-state index is 9.06. The van der Waals surface area contributed by atoms with Crippen molar-refractivity contribution in [2.45, 2.75) is 26.3 Å². The Kier molecular flexibility index (Phi) is 5.85. The largest absolute Gasteiger partial charge is 0.395 e. The van der Waals surface area contributed by atoms with Gasteiger partial charge in [0.15, 0.2) is 0 Å².